The minimum absolute atomic E-state index is 0.149. The van der Waals surface area contributed by atoms with Gasteiger partial charge in [0.25, 0.3) is 0 Å². The summed E-state index contributed by atoms with van der Waals surface area (Å²) in [7, 11) is 1.36. The van der Waals surface area contributed by atoms with Crippen LogP contribution >= 0.6 is 0 Å². The van der Waals surface area contributed by atoms with E-state index in [4.69, 9.17) is 9.47 Å². The second kappa shape index (κ2) is 5.98. The van der Waals surface area contributed by atoms with Crippen molar-refractivity contribution in [2.75, 3.05) is 20.3 Å². The van der Waals surface area contributed by atoms with Crippen molar-refractivity contribution >= 4 is 5.97 Å². The molecule has 0 radical (unpaired) electrons. The normalized spacial score (nSPS) is 24.3. The molecule has 0 spiro atoms. The van der Waals surface area contributed by atoms with Crippen LogP contribution in [0.3, 0.4) is 0 Å². The summed E-state index contributed by atoms with van der Waals surface area (Å²) in [6.07, 6.45) is 2.98. The molecule has 14 heavy (non-hydrogen) atoms. The van der Waals surface area contributed by atoms with E-state index in [0.29, 0.717) is 6.61 Å². The average molecular weight is 202 g/mol. The Morgan fingerprint density at radius 2 is 2.36 bits per heavy atom. The molecule has 4 heteroatoms. The Labute approximate surface area is 84.5 Å². The van der Waals surface area contributed by atoms with E-state index in [1.54, 1.807) is 6.92 Å². The van der Waals surface area contributed by atoms with Gasteiger partial charge in [-0.25, -0.2) is 4.79 Å². The predicted octanol–water partition coefficient (Wildman–Crippen LogP) is 1.13. The second-order valence-corrected chi connectivity index (χ2v) is 3.49. The highest BCUT2D eigenvalue weighted by Crippen LogP contribution is 2.13. The van der Waals surface area contributed by atoms with Crippen LogP contribution in [0.15, 0.2) is 0 Å². The maximum atomic E-state index is 11.0. The molecule has 1 heterocycles. The Balaban J connectivity index is 2.15. The zero-order chi connectivity index (χ0) is 10.4. The summed E-state index contributed by atoms with van der Waals surface area (Å²) in [5, 5.41) is 0. The van der Waals surface area contributed by atoms with Crippen molar-refractivity contribution in [1.29, 1.82) is 0 Å². The summed E-state index contributed by atoms with van der Waals surface area (Å²) in [5.74, 6) is -0.333. The molecule has 1 unspecified atom stereocenters. The number of rotatable bonds is 4. The van der Waals surface area contributed by atoms with E-state index in [-0.39, 0.29) is 12.1 Å². The Morgan fingerprint density at radius 3 is 2.93 bits per heavy atom. The van der Waals surface area contributed by atoms with Crippen LogP contribution in [0.1, 0.15) is 26.2 Å². The lowest BCUT2D eigenvalue weighted by molar-refractivity contribution is -0.156. The Morgan fingerprint density at radius 1 is 1.57 bits per heavy atom. The molecule has 0 saturated carbocycles. The minimum Gasteiger partial charge on any atom is -0.467 e. The molecule has 0 N–H and O–H groups in total. The Hall–Kier alpha value is -0.610. The number of ether oxygens (including phenoxy) is 3. The first kappa shape index (κ1) is 11.5. The molecule has 4 nitrogen and oxygen atoms in total. The largest absolute Gasteiger partial charge is 0.467 e. The third-order valence-corrected chi connectivity index (χ3v) is 2.34. The van der Waals surface area contributed by atoms with Crippen LogP contribution < -0.4 is 0 Å². The van der Waals surface area contributed by atoms with Gasteiger partial charge >= 0.3 is 5.97 Å². The smallest absolute Gasteiger partial charge is 0.334 e. The van der Waals surface area contributed by atoms with E-state index in [2.05, 4.69) is 4.74 Å². The standard InChI is InChI=1S/C10H18O4/c1-8(10(11)12-2)14-7-9-5-3-4-6-13-9/h8-9H,3-7H2,1-2H3/t8-,9?/m0/s1. The van der Waals surface area contributed by atoms with Gasteiger partial charge in [0.05, 0.1) is 19.8 Å². The highest BCUT2D eigenvalue weighted by molar-refractivity contribution is 5.73. The summed E-state index contributed by atoms with van der Waals surface area (Å²) >= 11 is 0. The van der Waals surface area contributed by atoms with Gasteiger partial charge in [-0.2, -0.15) is 0 Å². The number of carbonyl (C=O) groups excluding carboxylic acids is 1. The molecular weight excluding hydrogens is 184 g/mol. The van der Waals surface area contributed by atoms with Gasteiger partial charge < -0.3 is 14.2 Å². The van der Waals surface area contributed by atoms with Gasteiger partial charge in [-0.05, 0) is 26.2 Å². The predicted molar refractivity (Wildman–Crippen MR) is 51.0 cm³/mol. The van der Waals surface area contributed by atoms with Gasteiger partial charge in [-0.3, -0.25) is 0 Å². The number of esters is 1. The number of carbonyl (C=O) groups is 1. The first-order chi connectivity index (χ1) is 6.74. The third kappa shape index (κ3) is 3.64. The molecule has 0 bridgehead atoms. The molecule has 1 saturated heterocycles. The number of methoxy groups -OCH3 is 1. The van der Waals surface area contributed by atoms with Crippen LogP contribution in [-0.4, -0.2) is 38.5 Å². The fraction of sp³-hybridized carbons (Fsp3) is 0.900. The third-order valence-electron chi connectivity index (χ3n) is 2.34. The lowest BCUT2D eigenvalue weighted by Gasteiger charge is -2.23. The van der Waals surface area contributed by atoms with Crippen LogP contribution in [0.25, 0.3) is 0 Å². The number of hydrogen-bond acceptors (Lipinski definition) is 4. The van der Waals surface area contributed by atoms with E-state index in [1.807, 2.05) is 0 Å². The lowest BCUT2D eigenvalue weighted by atomic mass is 10.1. The Bertz CT molecular complexity index is 175. The molecule has 1 fully saturated rings. The summed E-state index contributed by atoms with van der Waals surface area (Å²) in [6.45, 7) is 2.98. The average Bonchev–Trinajstić information content (AvgIpc) is 2.26. The SMILES string of the molecule is COC(=O)[C@H](C)OCC1CCCCO1. The van der Waals surface area contributed by atoms with Gasteiger partial charge in [0.1, 0.15) is 0 Å². The van der Waals surface area contributed by atoms with Crippen molar-refractivity contribution in [2.45, 2.75) is 38.4 Å². The van der Waals surface area contributed by atoms with Crippen LogP contribution in [0.2, 0.25) is 0 Å². The van der Waals surface area contributed by atoms with E-state index >= 15 is 0 Å². The van der Waals surface area contributed by atoms with Crippen molar-refractivity contribution < 1.29 is 19.0 Å². The molecule has 1 rings (SSSR count). The van der Waals surface area contributed by atoms with E-state index in [9.17, 15) is 4.79 Å². The topological polar surface area (TPSA) is 44.8 Å². The molecule has 1 aliphatic heterocycles. The summed E-state index contributed by atoms with van der Waals surface area (Å²) in [5.41, 5.74) is 0. The number of hydrogen-bond donors (Lipinski definition) is 0. The Kier molecular flexibility index (Phi) is 4.90. The van der Waals surface area contributed by atoms with Crippen LogP contribution in [0, 0.1) is 0 Å². The second-order valence-electron chi connectivity index (χ2n) is 3.49. The van der Waals surface area contributed by atoms with Crippen LogP contribution in [0.5, 0.6) is 0 Å². The van der Waals surface area contributed by atoms with Crippen molar-refractivity contribution in [3.8, 4) is 0 Å². The first-order valence-corrected chi connectivity index (χ1v) is 5.05. The molecule has 2 atom stereocenters. The summed E-state index contributed by atoms with van der Waals surface area (Å²) < 4.78 is 15.3. The van der Waals surface area contributed by atoms with Gasteiger partial charge in [0.15, 0.2) is 6.10 Å². The van der Waals surface area contributed by atoms with Gasteiger partial charge in [-0.1, -0.05) is 0 Å². The zero-order valence-electron chi connectivity index (χ0n) is 8.82. The fourth-order valence-electron chi connectivity index (χ4n) is 1.42. The van der Waals surface area contributed by atoms with E-state index in [0.717, 1.165) is 19.4 Å². The molecule has 0 amide bonds. The highest BCUT2D eigenvalue weighted by atomic mass is 16.6. The quantitative estimate of drug-likeness (QED) is 0.641. The maximum Gasteiger partial charge on any atom is 0.334 e. The van der Waals surface area contributed by atoms with Crippen molar-refractivity contribution in [3.05, 3.63) is 0 Å². The van der Waals surface area contributed by atoms with Crippen molar-refractivity contribution in [2.24, 2.45) is 0 Å². The van der Waals surface area contributed by atoms with Crippen LogP contribution in [-0.2, 0) is 19.0 Å². The van der Waals surface area contributed by atoms with E-state index in [1.165, 1.54) is 13.5 Å². The van der Waals surface area contributed by atoms with Gasteiger partial charge in [0.2, 0.25) is 0 Å². The molecule has 0 aromatic carbocycles. The highest BCUT2D eigenvalue weighted by Gasteiger charge is 2.18. The minimum atomic E-state index is -0.495. The lowest BCUT2D eigenvalue weighted by Crippen LogP contribution is -2.30. The van der Waals surface area contributed by atoms with Crippen molar-refractivity contribution in [3.63, 3.8) is 0 Å². The fourth-order valence-corrected chi connectivity index (χ4v) is 1.42. The first-order valence-electron chi connectivity index (χ1n) is 5.05. The van der Waals surface area contributed by atoms with Gasteiger partial charge in [0, 0.05) is 6.61 Å². The summed E-state index contributed by atoms with van der Waals surface area (Å²) in [6, 6.07) is 0. The maximum absolute atomic E-state index is 11.0. The molecular formula is C10H18O4. The molecule has 0 aliphatic carbocycles. The monoisotopic (exact) mass is 202 g/mol. The molecule has 82 valence electrons. The van der Waals surface area contributed by atoms with Gasteiger partial charge in [-0.15, -0.1) is 0 Å². The van der Waals surface area contributed by atoms with E-state index < -0.39 is 6.10 Å². The van der Waals surface area contributed by atoms with Crippen LogP contribution in [0.4, 0.5) is 0 Å². The molecule has 0 aromatic heterocycles. The molecule has 0 aromatic rings. The summed E-state index contributed by atoms with van der Waals surface area (Å²) in [4.78, 5) is 11.0. The van der Waals surface area contributed by atoms with Crippen molar-refractivity contribution in [1.82, 2.24) is 0 Å². The molecule has 1 aliphatic rings. The zero-order valence-corrected chi connectivity index (χ0v) is 8.82.